The maximum Gasteiger partial charge on any atom is 0.264 e. The van der Waals surface area contributed by atoms with E-state index in [0.29, 0.717) is 17.1 Å². The number of hydrogen-bond donors (Lipinski definition) is 1. The van der Waals surface area contributed by atoms with Crippen molar-refractivity contribution in [3.8, 4) is 11.5 Å². The number of rotatable bonds is 3. The van der Waals surface area contributed by atoms with Crippen molar-refractivity contribution >= 4 is 0 Å². The summed E-state index contributed by atoms with van der Waals surface area (Å²) in [6.07, 6.45) is -2.38. The molecule has 1 N–H and O–H groups in total. The van der Waals surface area contributed by atoms with Crippen molar-refractivity contribution in [2.24, 2.45) is 0 Å². The molecule has 82 valence electrons. The second kappa shape index (κ2) is 4.02. The third-order valence-corrected chi connectivity index (χ3v) is 2.25. The first-order valence-corrected chi connectivity index (χ1v) is 4.54. The van der Waals surface area contributed by atoms with Gasteiger partial charge in [0.15, 0.2) is 11.5 Å². The van der Waals surface area contributed by atoms with Crippen molar-refractivity contribution in [2.75, 3.05) is 13.4 Å². The van der Waals surface area contributed by atoms with E-state index in [-0.39, 0.29) is 25.4 Å². The van der Waals surface area contributed by atoms with Crippen LogP contribution in [-0.2, 0) is 6.42 Å². The van der Waals surface area contributed by atoms with E-state index in [1.165, 1.54) is 12.1 Å². The van der Waals surface area contributed by atoms with E-state index >= 15 is 0 Å². The summed E-state index contributed by atoms with van der Waals surface area (Å²) < 4.78 is 35.4. The Morgan fingerprint density at radius 3 is 2.53 bits per heavy atom. The van der Waals surface area contributed by atoms with Crippen LogP contribution in [0, 0.1) is 0 Å². The highest BCUT2D eigenvalue weighted by atomic mass is 19.3. The summed E-state index contributed by atoms with van der Waals surface area (Å²) in [5, 5.41) is 8.76. The first-order valence-electron chi connectivity index (χ1n) is 4.54. The Bertz CT molecular complexity index is 366. The van der Waals surface area contributed by atoms with Crippen molar-refractivity contribution in [1.29, 1.82) is 0 Å². The number of halogens is 2. The monoisotopic (exact) mass is 216 g/mol. The Morgan fingerprint density at radius 1 is 1.27 bits per heavy atom. The molecule has 1 aromatic rings. The molecule has 0 unspecified atom stereocenters. The van der Waals surface area contributed by atoms with Gasteiger partial charge in [0.2, 0.25) is 6.79 Å². The van der Waals surface area contributed by atoms with Crippen molar-refractivity contribution < 1.29 is 23.4 Å². The van der Waals surface area contributed by atoms with Gasteiger partial charge < -0.3 is 14.6 Å². The molecule has 1 aliphatic heterocycles. The third kappa shape index (κ3) is 1.87. The van der Waals surface area contributed by atoms with Gasteiger partial charge in [0, 0.05) is 12.2 Å². The van der Waals surface area contributed by atoms with Crippen LogP contribution in [0.2, 0.25) is 0 Å². The zero-order valence-electron chi connectivity index (χ0n) is 7.87. The molecular formula is C10H10F2O3. The van der Waals surface area contributed by atoms with Crippen LogP contribution in [0.1, 0.15) is 17.6 Å². The lowest BCUT2D eigenvalue weighted by Crippen LogP contribution is -1.98. The van der Waals surface area contributed by atoms with E-state index in [1.807, 2.05) is 0 Å². The van der Waals surface area contributed by atoms with Crippen LogP contribution >= 0.6 is 0 Å². The standard InChI is InChI=1S/C10H10F2O3/c11-10(12)7-4-9-8(14-5-15-9)3-6(7)1-2-13/h3-4,10,13H,1-2,5H2. The first kappa shape index (κ1) is 10.2. The van der Waals surface area contributed by atoms with Gasteiger partial charge in [-0.15, -0.1) is 0 Å². The molecule has 0 fully saturated rings. The highest BCUT2D eigenvalue weighted by Gasteiger charge is 2.21. The molecule has 0 amide bonds. The highest BCUT2D eigenvalue weighted by molar-refractivity contribution is 5.49. The Kier molecular flexibility index (Phi) is 2.73. The van der Waals surface area contributed by atoms with E-state index < -0.39 is 6.43 Å². The van der Waals surface area contributed by atoms with E-state index in [9.17, 15) is 8.78 Å². The van der Waals surface area contributed by atoms with Crippen LogP contribution in [0.15, 0.2) is 12.1 Å². The van der Waals surface area contributed by atoms with E-state index in [1.54, 1.807) is 0 Å². The summed E-state index contributed by atoms with van der Waals surface area (Å²) in [7, 11) is 0. The quantitative estimate of drug-likeness (QED) is 0.838. The van der Waals surface area contributed by atoms with E-state index in [4.69, 9.17) is 14.6 Å². The minimum Gasteiger partial charge on any atom is -0.454 e. The molecule has 3 nitrogen and oxygen atoms in total. The molecule has 0 spiro atoms. The van der Waals surface area contributed by atoms with Gasteiger partial charge in [0.1, 0.15) is 0 Å². The van der Waals surface area contributed by atoms with Gasteiger partial charge >= 0.3 is 0 Å². The number of alkyl halides is 2. The fourth-order valence-corrected chi connectivity index (χ4v) is 1.54. The Hall–Kier alpha value is -1.36. The molecule has 0 aromatic heterocycles. The second-order valence-corrected chi connectivity index (χ2v) is 3.18. The van der Waals surface area contributed by atoms with Crippen LogP contribution in [0.25, 0.3) is 0 Å². The smallest absolute Gasteiger partial charge is 0.264 e. The molecule has 1 heterocycles. The van der Waals surface area contributed by atoms with Gasteiger partial charge in [0.25, 0.3) is 6.43 Å². The van der Waals surface area contributed by atoms with Gasteiger partial charge in [-0.1, -0.05) is 0 Å². The highest BCUT2D eigenvalue weighted by Crippen LogP contribution is 2.38. The maximum absolute atomic E-state index is 12.6. The number of aliphatic hydroxyl groups excluding tert-OH is 1. The number of aliphatic hydroxyl groups is 1. The summed E-state index contributed by atoms with van der Waals surface area (Å²) in [6.45, 7) is -0.111. The Labute approximate surface area is 85.2 Å². The van der Waals surface area contributed by atoms with Gasteiger partial charge in [-0.25, -0.2) is 8.78 Å². The van der Waals surface area contributed by atoms with Crippen LogP contribution in [0.3, 0.4) is 0 Å². The molecule has 0 aliphatic carbocycles. The first-order chi connectivity index (χ1) is 7.22. The molecule has 0 bridgehead atoms. The van der Waals surface area contributed by atoms with Crippen LogP contribution in [0.5, 0.6) is 11.5 Å². The summed E-state index contributed by atoms with van der Waals surface area (Å²) >= 11 is 0. The molecule has 1 aliphatic rings. The third-order valence-electron chi connectivity index (χ3n) is 2.25. The van der Waals surface area contributed by atoms with Crippen molar-refractivity contribution in [3.63, 3.8) is 0 Å². The van der Waals surface area contributed by atoms with Crippen molar-refractivity contribution in [1.82, 2.24) is 0 Å². The fourth-order valence-electron chi connectivity index (χ4n) is 1.54. The average Bonchev–Trinajstić information content (AvgIpc) is 2.63. The summed E-state index contributed by atoms with van der Waals surface area (Å²) in [5.41, 5.74) is 0.296. The molecule has 1 aromatic carbocycles. The lowest BCUT2D eigenvalue weighted by molar-refractivity contribution is 0.149. The summed E-state index contributed by atoms with van der Waals surface area (Å²) in [5.74, 6) is 0.801. The molecule has 15 heavy (non-hydrogen) atoms. The van der Waals surface area contributed by atoms with Gasteiger partial charge in [-0.05, 0) is 24.1 Å². The lowest BCUT2D eigenvalue weighted by atomic mass is 10.0. The van der Waals surface area contributed by atoms with Crippen molar-refractivity contribution in [3.05, 3.63) is 23.3 Å². The zero-order valence-corrected chi connectivity index (χ0v) is 7.87. The minimum absolute atomic E-state index is 0.0561. The Balaban J connectivity index is 2.42. The zero-order chi connectivity index (χ0) is 10.8. The largest absolute Gasteiger partial charge is 0.454 e. The predicted octanol–water partition coefficient (Wildman–Crippen LogP) is 1.89. The molecule has 0 saturated heterocycles. The predicted molar refractivity (Wildman–Crippen MR) is 48.3 cm³/mol. The van der Waals surface area contributed by atoms with Crippen LogP contribution < -0.4 is 9.47 Å². The number of benzene rings is 1. The topological polar surface area (TPSA) is 38.7 Å². The molecular weight excluding hydrogens is 206 g/mol. The number of fused-ring (bicyclic) bond motifs is 1. The van der Waals surface area contributed by atoms with Gasteiger partial charge in [0.05, 0.1) is 0 Å². The second-order valence-electron chi connectivity index (χ2n) is 3.18. The normalized spacial score (nSPS) is 13.6. The van der Waals surface area contributed by atoms with Crippen LogP contribution in [0.4, 0.5) is 8.78 Å². The SMILES string of the molecule is OCCc1cc2c(cc1C(F)F)OCO2. The molecule has 0 saturated carbocycles. The van der Waals surface area contributed by atoms with E-state index in [2.05, 4.69) is 0 Å². The maximum atomic E-state index is 12.6. The minimum atomic E-state index is -2.57. The average molecular weight is 216 g/mol. The number of hydrogen-bond acceptors (Lipinski definition) is 3. The fraction of sp³-hybridized carbons (Fsp3) is 0.400. The molecule has 0 atom stereocenters. The molecule has 5 heteroatoms. The van der Waals surface area contributed by atoms with Crippen LogP contribution in [-0.4, -0.2) is 18.5 Å². The number of ether oxygens (including phenoxy) is 2. The molecule has 0 radical (unpaired) electrons. The van der Waals surface area contributed by atoms with E-state index in [0.717, 1.165) is 0 Å². The lowest BCUT2D eigenvalue weighted by Gasteiger charge is -2.08. The molecule has 2 rings (SSSR count). The van der Waals surface area contributed by atoms with Gasteiger partial charge in [-0.3, -0.25) is 0 Å². The summed E-state index contributed by atoms with van der Waals surface area (Å²) in [6, 6.07) is 2.78. The Morgan fingerprint density at radius 2 is 1.93 bits per heavy atom. The van der Waals surface area contributed by atoms with Crippen molar-refractivity contribution in [2.45, 2.75) is 12.8 Å². The van der Waals surface area contributed by atoms with Gasteiger partial charge in [-0.2, -0.15) is 0 Å². The summed E-state index contributed by atoms with van der Waals surface area (Å²) in [4.78, 5) is 0.